The molecule has 0 fully saturated rings. The van der Waals surface area contributed by atoms with E-state index in [1.165, 1.54) is 88.0 Å². The van der Waals surface area contributed by atoms with Crippen molar-refractivity contribution in [1.82, 2.24) is 0 Å². The van der Waals surface area contributed by atoms with Crippen LogP contribution in [0.25, 0.3) is 90.0 Å². The van der Waals surface area contributed by atoms with Crippen molar-refractivity contribution in [1.29, 1.82) is 0 Å². The van der Waals surface area contributed by atoms with E-state index in [-0.39, 0.29) is 0 Å². The van der Waals surface area contributed by atoms with Crippen LogP contribution in [0.1, 0.15) is 22.3 Å². The number of hydrogen-bond donors (Lipinski definition) is 0. The third kappa shape index (κ3) is 6.12. The Kier molecular flexibility index (Phi) is 8.33. The zero-order valence-corrected chi connectivity index (χ0v) is 28.8. The molecule has 0 unspecified atom stereocenters. The Balaban J connectivity index is 1.17. The average Bonchev–Trinajstić information content (AvgIpc) is 3.22. The third-order valence-electron chi connectivity index (χ3n) is 10.1. The van der Waals surface area contributed by atoms with E-state index in [1.54, 1.807) is 0 Å². The van der Waals surface area contributed by atoms with Gasteiger partial charge in [0.15, 0.2) is 0 Å². The topological polar surface area (TPSA) is 0 Å². The maximum absolute atomic E-state index is 2.34. The Morgan fingerprint density at radius 3 is 1.35 bits per heavy atom. The fourth-order valence-corrected chi connectivity index (χ4v) is 7.49. The molecular formula is C52H36. The molecule has 0 saturated heterocycles. The van der Waals surface area contributed by atoms with Crippen molar-refractivity contribution in [3.63, 3.8) is 0 Å². The molecule has 0 atom stereocenters. The van der Waals surface area contributed by atoms with Gasteiger partial charge in [0, 0.05) is 0 Å². The zero-order chi connectivity index (χ0) is 34.7. The molecule has 0 N–H and O–H groups in total. The predicted octanol–water partition coefficient (Wildman–Crippen LogP) is 14.5. The molecule has 9 aromatic rings. The Hall–Kier alpha value is -6.76. The monoisotopic (exact) mass is 660 g/mol. The third-order valence-corrected chi connectivity index (χ3v) is 10.1. The smallest absolute Gasteiger partial charge is 0.00262 e. The summed E-state index contributed by atoms with van der Waals surface area (Å²) in [6, 6.07) is 70.2. The van der Waals surface area contributed by atoms with Crippen molar-refractivity contribution >= 4 is 56.6 Å². The molecule has 0 aliphatic heterocycles. The van der Waals surface area contributed by atoms with E-state index in [0.717, 1.165) is 0 Å². The standard InChI is InChI=1S/C52H36/c1-3-13-37(14-4-1)23-24-39-26-28-41(27-25-38-15-5-2-6-16-38)50(35-39)42-30-32-43(33-31-42)51-46-19-9-11-21-48(46)52(49-22-12-10-20-47(49)51)45-34-29-40-17-7-8-18-44(40)36-45/h1-36H/b24-23+,27-25+. The molecule has 0 aliphatic rings. The number of rotatable bonds is 7. The molecule has 0 aliphatic carbocycles. The molecule has 0 bridgehead atoms. The first kappa shape index (κ1) is 31.2. The number of benzene rings is 9. The van der Waals surface area contributed by atoms with Crippen LogP contribution in [-0.2, 0) is 0 Å². The van der Waals surface area contributed by atoms with Crippen molar-refractivity contribution < 1.29 is 0 Å². The van der Waals surface area contributed by atoms with Crippen LogP contribution in [-0.4, -0.2) is 0 Å². The fourth-order valence-electron chi connectivity index (χ4n) is 7.49. The molecule has 0 radical (unpaired) electrons. The number of fused-ring (bicyclic) bond motifs is 3. The van der Waals surface area contributed by atoms with Crippen molar-refractivity contribution in [3.05, 3.63) is 216 Å². The van der Waals surface area contributed by atoms with Crippen molar-refractivity contribution in [2.24, 2.45) is 0 Å². The lowest BCUT2D eigenvalue weighted by Crippen LogP contribution is -1.91. The maximum Gasteiger partial charge on any atom is -0.00262 e. The molecule has 0 heteroatoms. The van der Waals surface area contributed by atoms with E-state index in [0.29, 0.717) is 0 Å². The highest BCUT2D eigenvalue weighted by molar-refractivity contribution is 6.21. The van der Waals surface area contributed by atoms with Crippen LogP contribution in [0.15, 0.2) is 194 Å². The lowest BCUT2D eigenvalue weighted by Gasteiger charge is -2.18. The van der Waals surface area contributed by atoms with E-state index in [9.17, 15) is 0 Å². The highest BCUT2D eigenvalue weighted by atomic mass is 14.2. The SMILES string of the molecule is C(=C\c1ccc(/C=C/c2ccccc2)c(-c2ccc(-c3c4ccccc4c(-c4ccc5ccccc5c4)c4ccccc34)cc2)c1)/c1ccccc1. The molecule has 244 valence electrons. The highest BCUT2D eigenvalue weighted by Gasteiger charge is 2.17. The van der Waals surface area contributed by atoms with Crippen molar-refractivity contribution in [2.75, 3.05) is 0 Å². The molecule has 0 nitrogen and oxygen atoms in total. The maximum atomic E-state index is 2.34. The van der Waals surface area contributed by atoms with E-state index < -0.39 is 0 Å². The lowest BCUT2D eigenvalue weighted by atomic mass is 9.85. The lowest BCUT2D eigenvalue weighted by molar-refractivity contribution is 1.57. The summed E-state index contributed by atoms with van der Waals surface area (Å²) in [7, 11) is 0. The van der Waals surface area contributed by atoms with Gasteiger partial charge in [-0.2, -0.15) is 0 Å². The molecular weight excluding hydrogens is 625 g/mol. The molecule has 9 aromatic carbocycles. The summed E-state index contributed by atoms with van der Waals surface area (Å²) in [5.41, 5.74) is 12.1. The quantitative estimate of drug-likeness (QED) is 0.118. The Labute approximate surface area is 305 Å². The Morgan fingerprint density at radius 1 is 0.269 bits per heavy atom. The second-order valence-electron chi connectivity index (χ2n) is 13.3. The minimum Gasteiger partial charge on any atom is -0.0622 e. The first-order valence-electron chi connectivity index (χ1n) is 17.9. The van der Waals surface area contributed by atoms with Gasteiger partial charge in [-0.1, -0.05) is 206 Å². The van der Waals surface area contributed by atoms with E-state index >= 15 is 0 Å². The fraction of sp³-hybridized carbons (Fsp3) is 0. The van der Waals surface area contributed by atoms with Gasteiger partial charge in [-0.05, 0) is 100 Å². The molecule has 52 heavy (non-hydrogen) atoms. The van der Waals surface area contributed by atoms with Gasteiger partial charge in [-0.3, -0.25) is 0 Å². The van der Waals surface area contributed by atoms with Gasteiger partial charge < -0.3 is 0 Å². The van der Waals surface area contributed by atoms with Gasteiger partial charge in [0.1, 0.15) is 0 Å². The zero-order valence-electron chi connectivity index (χ0n) is 28.8. The Morgan fingerprint density at radius 2 is 0.731 bits per heavy atom. The van der Waals surface area contributed by atoms with E-state index in [4.69, 9.17) is 0 Å². The first-order valence-corrected chi connectivity index (χ1v) is 17.9. The van der Waals surface area contributed by atoms with Gasteiger partial charge in [-0.25, -0.2) is 0 Å². The van der Waals surface area contributed by atoms with Gasteiger partial charge >= 0.3 is 0 Å². The van der Waals surface area contributed by atoms with Crippen LogP contribution in [0, 0.1) is 0 Å². The van der Waals surface area contributed by atoms with E-state index in [1.807, 2.05) is 0 Å². The van der Waals surface area contributed by atoms with Crippen LogP contribution >= 0.6 is 0 Å². The summed E-state index contributed by atoms with van der Waals surface area (Å²) >= 11 is 0. The summed E-state index contributed by atoms with van der Waals surface area (Å²) in [6.45, 7) is 0. The van der Waals surface area contributed by atoms with Gasteiger partial charge in [-0.15, -0.1) is 0 Å². The summed E-state index contributed by atoms with van der Waals surface area (Å²) in [5, 5.41) is 7.57. The second-order valence-corrected chi connectivity index (χ2v) is 13.3. The summed E-state index contributed by atoms with van der Waals surface area (Å²) < 4.78 is 0. The second kappa shape index (κ2) is 13.9. The normalized spacial score (nSPS) is 11.7. The molecule has 0 saturated carbocycles. The van der Waals surface area contributed by atoms with Crippen LogP contribution in [0.2, 0.25) is 0 Å². The van der Waals surface area contributed by atoms with Crippen molar-refractivity contribution in [3.8, 4) is 33.4 Å². The molecule has 0 amide bonds. The van der Waals surface area contributed by atoms with Gasteiger partial charge in [0.2, 0.25) is 0 Å². The van der Waals surface area contributed by atoms with Crippen LogP contribution < -0.4 is 0 Å². The Bertz CT molecular complexity index is 2690. The molecule has 0 aromatic heterocycles. The molecule has 9 rings (SSSR count). The van der Waals surface area contributed by atoms with Gasteiger partial charge in [0.05, 0.1) is 0 Å². The predicted molar refractivity (Wildman–Crippen MR) is 226 cm³/mol. The van der Waals surface area contributed by atoms with E-state index in [2.05, 4.69) is 218 Å². The summed E-state index contributed by atoms with van der Waals surface area (Å²) in [6.07, 6.45) is 8.81. The highest BCUT2D eigenvalue weighted by Crippen LogP contribution is 2.44. The van der Waals surface area contributed by atoms with Crippen molar-refractivity contribution in [2.45, 2.75) is 0 Å². The van der Waals surface area contributed by atoms with Crippen LogP contribution in [0.4, 0.5) is 0 Å². The van der Waals surface area contributed by atoms with Crippen LogP contribution in [0.3, 0.4) is 0 Å². The first-order chi connectivity index (χ1) is 25.8. The molecule has 0 heterocycles. The minimum absolute atomic E-state index is 1.17. The summed E-state index contributed by atoms with van der Waals surface area (Å²) in [5.74, 6) is 0. The molecule has 0 spiro atoms. The average molecular weight is 661 g/mol. The number of hydrogen-bond acceptors (Lipinski definition) is 0. The van der Waals surface area contributed by atoms with Gasteiger partial charge in [0.25, 0.3) is 0 Å². The minimum atomic E-state index is 1.17. The summed E-state index contributed by atoms with van der Waals surface area (Å²) in [4.78, 5) is 0. The van der Waals surface area contributed by atoms with Crippen LogP contribution in [0.5, 0.6) is 0 Å². The largest absolute Gasteiger partial charge is 0.0622 e.